The van der Waals surface area contributed by atoms with Gasteiger partial charge in [0, 0.05) is 5.57 Å². The fraction of sp³-hybridized carbons (Fsp3) is 0.286. The normalized spacial score (nSPS) is 11.4. The number of carbonyl (C=O) groups excluding carboxylic acids is 2. The molecule has 0 aliphatic heterocycles. The van der Waals surface area contributed by atoms with Gasteiger partial charge < -0.3 is 10.1 Å². The van der Waals surface area contributed by atoms with Crippen molar-refractivity contribution in [1.82, 2.24) is 5.32 Å². The van der Waals surface area contributed by atoms with Crippen LogP contribution in [0.25, 0.3) is 0 Å². The van der Waals surface area contributed by atoms with Crippen LogP contribution < -0.4 is 5.32 Å². The van der Waals surface area contributed by atoms with Gasteiger partial charge in [0.15, 0.2) is 5.78 Å². The zero-order valence-corrected chi connectivity index (χ0v) is 10.6. The SMILES string of the molecule is C=C(C(C)=O)C(NC(=O)OCC)c1ccccc1. The van der Waals surface area contributed by atoms with E-state index in [-0.39, 0.29) is 12.4 Å². The quantitative estimate of drug-likeness (QED) is 0.814. The predicted octanol–water partition coefficient (Wildman–Crippen LogP) is 2.62. The molecule has 0 aliphatic carbocycles. The second-order valence-electron chi connectivity index (χ2n) is 3.79. The van der Waals surface area contributed by atoms with Crippen molar-refractivity contribution in [1.29, 1.82) is 0 Å². The van der Waals surface area contributed by atoms with Crippen molar-refractivity contribution in [2.75, 3.05) is 6.61 Å². The van der Waals surface area contributed by atoms with Crippen LogP contribution in [0, 0.1) is 0 Å². The Kier molecular flexibility index (Phi) is 5.11. The lowest BCUT2D eigenvalue weighted by Crippen LogP contribution is -2.31. The first kappa shape index (κ1) is 14.0. The van der Waals surface area contributed by atoms with Crippen molar-refractivity contribution >= 4 is 11.9 Å². The molecular weight excluding hydrogens is 230 g/mol. The predicted molar refractivity (Wildman–Crippen MR) is 69.2 cm³/mol. The van der Waals surface area contributed by atoms with Crippen LogP contribution >= 0.6 is 0 Å². The molecule has 4 nitrogen and oxygen atoms in total. The molecule has 0 saturated heterocycles. The second-order valence-corrected chi connectivity index (χ2v) is 3.79. The van der Waals surface area contributed by atoms with Gasteiger partial charge in [-0.05, 0) is 19.4 Å². The van der Waals surface area contributed by atoms with Crippen molar-refractivity contribution in [2.24, 2.45) is 0 Å². The highest BCUT2D eigenvalue weighted by molar-refractivity contribution is 5.94. The average Bonchev–Trinajstić information content (AvgIpc) is 2.36. The summed E-state index contributed by atoms with van der Waals surface area (Å²) in [6.07, 6.45) is -0.561. The number of hydrogen-bond acceptors (Lipinski definition) is 3. The van der Waals surface area contributed by atoms with Crippen LogP contribution in [-0.2, 0) is 9.53 Å². The number of benzene rings is 1. The molecule has 1 N–H and O–H groups in total. The van der Waals surface area contributed by atoms with E-state index < -0.39 is 12.1 Å². The lowest BCUT2D eigenvalue weighted by Gasteiger charge is -2.19. The molecule has 18 heavy (non-hydrogen) atoms. The Hall–Kier alpha value is -2.10. The summed E-state index contributed by atoms with van der Waals surface area (Å²) >= 11 is 0. The molecule has 0 saturated carbocycles. The Balaban J connectivity index is 2.93. The molecular formula is C14H17NO3. The Bertz CT molecular complexity index is 440. The maximum atomic E-state index is 11.5. The van der Waals surface area contributed by atoms with Crippen LogP contribution in [-0.4, -0.2) is 18.5 Å². The molecule has 0 spiro atoms. The topological polar surface area (TPSA) is 55.4 Å². The molecule has 0 heterocycles. The van der Waals surface area contributed by atoms with Gasteiger partial charge in [-0.3, -0.25) is 4.79 Å². The third kappa shape index (κ3) is 3.73. The maximum absolute atomic E-state index is 11.5. The number of ether oxygens (including phenoxy) is 1. The number of alkyl carbamates (subject to hydrolysis) is 1. The second kappa shape index (κ2) is 6.59. The molecule has 0 aliphatic rings. The minimum Gasteiger partial charge on any atom is -0.450 e. The highest BCUT2D eigenvalue weighted by atomic mass is 16.5. The largest absolute Gasteiger partial charge is 0.450 e. The van der Waals surface area contributed by atoms with Gasteiger partial charge in [-0.25, -0.2) is 4.79 Å². The maximum Gasteiger partial charge on any atom is 0.407 e. The Morgan fingerprint density at radius 3 is 2.44 bits per heavy atom. The number of hydrogen-bond donors (Lipinski definition) is 1. The number of rotatable bonds is 5. The molecule has 1 aromatic carbocycles. The number of Topliss-reactive ketones (excluding diaryl/α,β-unsaturated/α-hetero) is 1. The number of ketones is 1. The van der Waals surface area contributed by atoms with Gasteiger partial charge in [0.2, 0.25) is 0 Å². The third-order valence-corrected chi connectivity index (χ3v) is 2.47. The lowest BCUT2D eigenvalue weighted by atomic mass is 9.97. The molecule has 1 rings (SSSR count). The zero-order chi connectivity index (χ0) is 13.5. The number of carbonyl (C=O) groups is 2. The van der Waals surface area contributed by atoms with Gasteiger partial charge in [0.05, 0.1) is 12.6 Å². The minimum absolute atomic E-state index is 0.166. The Morgan fingerprint density at radius 2 is 1.94 bits per heavy atom. The molecule has 96 valence electrons. The fourth-order valence-corrected chi connectivity index (χ4v) is 1.51. The highest BCUT2D eigenvalue weighted by Crippen LogP contribution is 2.21. The van der Waals surface area contributed by atoms with Crippen LogP contribution in [0.1, 0.15) is 25.5 Å². The molecule has 0 radical (unpaired) electrons. The summed E-state index contributed by atoms with van der Waals surface area (Å²) < 4.78 is 4.82. The van der Waals surface area contributed by atoms with Crippen LogP contribution in [0.3, 0.4) is 0 Å². The van der Waals surface area contributed by atoms with Gasteiger partial charge in [0.25, 0.3) is 0 Å². The molecule has 0 bridgehead atoms. The molecule has 0 aromatic heterocycles. The molecule has 1 aromatic rings. The minimum atomic E-state index is -0.561. The van der Waals surface area contributed by atoms with E-state index in [2.05, 4.69) is 11.9 Å². The van der Waals surface area contributed by atoms with Crippen molar-refractivity contribution < 1.29 is 14.3 Å². The van der Waals surface area contributed by atoms with Crippen molar-refractivity contribution in [3.63, 3.8) is 0 Å². The third-order valence-electron chi connectivity index (χ3n) is 2.47. The number of nitrogens with one attached hydrogen (secondary N) is 1. The van der Waals surface area contributed by atoms with Gasteiger partial charge in [0.1, 0.15) is 0 Å². The van der Waals surface area contributed by atoms with Gasteiger partial charge >= 0.3 is 6.09 Å². The average molecular weight is 247 g/mol. The lowest BCUT2D eigenvalue weighted by molar-refractivity contribution is -0.113. The highest BCUT2D eigenvalue weighted by Gasteiger charge is 2.20. The van der Waals surface area contributed by atoms with E-state index in [0.717, 1.165) is 5.56 Å². The van der Waals surface area contributed by atoms with Crippen LogP contribution in [0.15, 0.2) is 42.5 Å². The van der Waals surface area contributed by atoms with E-state index in [1.807, 2.05) is 30.3 Å². The molecule has 0 fully saturated rings. The van der Waals surface area contributed by atoms with E-state index in [1.54, 1.807) is 6.92 Å². The smallest absolute Gasteiger partial charge is 0.407 e. The summed E-state index contributed by atoms with van der Waals surface area (Å²) in [5.74, 6) is -0.166. The summed E-state index contributed by atoms with van der Waals surface area (Å²) in [4.78, 5) is 22.9. The van der Waals surface area contributed by atoms with Gasteiger partial charge in [-0.2, -0.15) is 0 Å². The zero-order valence-electron chi connectivity index (χ0n) is 10.6. The summed E-state index contributed by atoms with van der Waals surface area (Å²) in [6.45, 7) is 7.14. The van der Waals surface area contributed by atoms with Gasteiger partial charge in [-0.1, -0.05) is 36.9 Å². The monoisotopic (exact) mass is 247 g/mol. The molecule has 1 atom stereocenters. The summed E-state index contributed by atoms with van der Waals surface area (Å²) in [5, 5.41) is 2.63. The molecule has 4 heteroatoms. The summed E-state index contributed by atoms with van der Waals surface area (Å²) in [5.41, 5.74) is 1.13. The van der Waals surface area contributed by atoms with Crippen LogP contribution in [0.5, 0.6) is 0 Å². The van der Waals surface area contributed by atoms with Crippen molar-refractivity contribution in [3.05, 3.63) is 48.0 Å². The van der Waals surface area contributed by atoms with E-state index in [4.69, 9.17) is 4.74 Å². The van der Waals surface area contributed by atoms with Crippen molar-refractivity contribution in [3.8, 4) is 0 Å². The van der Waals surface area contributed by atoms with E-state index in [0.29, 0.717) is 5.57 Å². The van der Waals surface area contributed by atoms with Crippen molar-refractivity contribution in [2.45, 2.75) is 19.9 Å². The first-order chi connectivity index (χ1) is 8.56. The summed E-state index contributed by atoms with van der Waals surface area (Å²) in [6, 6.07) is 8.63. The van der Waals surface area contributed by atoms with Crippen LogP contribution in [0.2, 0.25) is 0 Å². The first-order valence-electron chi connectivity index (χ1n) is 5.74. The number of amides is 1. The Morgan fingerprint density at radius 1 is 1.33 bits per heavy atom. The fourth-order valence-electron chi connectivity index (χ4n) is 1.51. The summed E-state index contributed by atoms with van der Waals surface area (Å²) in [7, 11) is 0. The van der Waals surface area contributed by atoms with Gasteiger partial charge in [-0.15, -0.1) is 0 Å². The molecule has 1 amide bonds. The first-order valence-corrected chi connectivity index (χ1v) is 5.74. The standard InChI is InChI=1S/C14H17NO3/c1-4-18-14(17)15-13(10(2)11(3)16)12-8-6-5-7-9-12/h5-9,13H,2,4H2,1,3H3,(H,15,17). The van der Waals surface area contributed by atoms with E-state index in [9.17, 15) is 9.59 Å². The van der Waals surface area contributed by atoms with E-state index in [1.165, 1.54) is 6.92 Å². The molecule has 1 unspecified atom stereocenters. The Labute approximate surface area is 107 Å². The van der Waals surface area contributed by atoms with E-state index >= 15 is 0 Å². The van der Waals surface area contributed by atoms with Crippen LogP contribution in [0.4, 0.5) is 4.79 Å².